The molecule has 1 aliphatic heterocycles. The molecule has 0 saturated carbocycles. The van der Waals surface area contributed by atoms with Gasteiger partial charge in [0, 0.05) is 19.0 Å². The summed E-state index contributed by atoms with van der Waals surface area (Å²) in [6.07, 6.45) is 1.87. The normalized spacial score (nSPS) is 17.5. The van der Waals surface area contributed by atoms with Gasteiger partial charge in [-0.05, 0) is 25.0 Å². The van der Waals surface area contributed by atoms with Gasteiger partial charge in [-0.1, -0.05) is 12.1 Å². The summed E-state index contributed by atoms with van der Waals surface area (Å²) in [5.74, 6) is 1.46. The van der Waals surface area contributed by atoms with E-state index in [1.54, 1.807) is 5.01 Å². The third-order valence-electron chi connectivity index (χ3n) is 3.38. The molecule has 0 radical (unpaired) electrons. The van der Waals surface area contributed by atoms with Crippen LogP contribution in [-0.2, 0) is 0 Å². The first kappa shape index (κ1) is 10.3. The monoisotopic (exact) mass is 230 g/mol. The van der Waals surface area contributed by atoms with Gasteiger partial charge in [0.25, 0.3) is 0 Å². The van der Waals surface area contributed by atoms with E-state index < -0.39 is 0 Å². The van der Waals surface area contributed by atoms with E-state index in [2.05, 4.69) is 15.3 Å². The quantitative estimate of drug-likeness (QED) is 0.806. The topological polar surface area (TPSA) is 61.4 Å². The van der Waals surface area contributed by atoms with E-state index in [9.17, 15) is 4.91 Å². The second kappa shape index (κ2) is 4.16. The number of aromatic amines is 1. The maximum absolute atomic E-state index is 10.4. The number of fused-ring (bicyclic) bond motifs is 1. The molecule has 5 heteroatoms. The average molecular weight is 230 g/mol. The van der Waals surface area contributed by atoms with Crippen molar-refractivity contribution in [3.8, 4) is 0 Å². The molecular formula is C12H14N4O. The number of H-pyrrole nitrogens is 1. The van der Waals surface area contributed by atoms with Gasteiger partial charge >= 0.3 is 0 Å². The maximum Gasteiger partial charge on any atom is 0.110 e. The van der Waals surface area contributed by atoms with Crippen molar-refractivity contribution in [2.75, 3.05) is 13.1 Å². The summed E-state index contributed by atoms with van der Waals surface area (Å²) >= 11 is 0. The number of imidazole rings is 1. The van der Waals surface area contributed by atoms with E-state index in [1.807, 2.05) is 24.3 Å². The van der Waals surface area contributed by atoms with Crippen LogP contribution in [-0.4, -0.2) is 28.1 Å². The number of nitrogens with one attached hydrogen (secondary N) is 1. The summed E-state index contributed by atoms with van der Waals surface area (Å²) in [6, 6.07) is 8.04. The lowest BCUT2D eigenvalue weighted by atomic mass is 9.97. The van der Waals surface area contributed by atoms with Gasteiger partial charge in [0.05, 0.1) is 16.3 Å². The van der Waals surface area contributed by atoms with E-state index in [-0.39, 0.29) is 0 Å². The molecule has 0 unspecified atom stereocenters. The summed E-state index contributed by atoms with van der Waals surface area (Å²) in [6.45, 7) is 1.45. The highest BCUT2D eigenvalue weighted by Gasteiger charge is 2.22. The molecule has 1 N–H and O–H groups in total. The highest BCUT2D eigenvalue weighted by Crippen LogP contribution is 2.27. The van der Waals surface area contributed by atoms with Crippen LogP contribution >= 0.6 is 0 Å². The molecule has 3 rings (SSSR count). The summed E-state index contributed by atoms with van der Waals surface area (Å²) in [4.78, 5) is 18.4. The lowest BCUT2D eigenvalue weighted by Gasteiger charge is -2.26. The predicted octanol–water partition coefficient (Wildman–Crippen LogP) is 2.42. The van der Waals surface area contributed by atoms with E-state index in [1.165, 1.54) is 0 Å². The van der Waals surface area contributed by atoms with Crippen LogP contribution in [0.5, 0.6) is 0 Å². The molecule has 88 valence electrons. The van der Waals surface area contributed by atoms with Gasteiger partial charge in [0.2, 0.25) is 0 Å². The van der Waals surface area contributed by atoms with Gasteiger partial charge in [0.1, 0.15) is 5.82 Å². The van der Waals surface area contributed by atoms with Crippen molar-refractivity contribution in [2.24, 2.45) is 5.29 Å². The van der Waals surface area contributed by atoms with E-state index >= 15 is 0 Å². The number of hydrogen-bond acceptors (Lipinski definition) is 3. The highest BCUT2D eigenvalue weighted by molar-refractivity contribution is 5.74. The van der Waals surface area contributed by atoms with Gasteiger partial charge in [-0.15, -0.1) is 4.91 Å². The molecule has 1 aromatic carbocycles. The molecular weight excluding hydrogens is 216 g/mol. The predicted molar refractivity (Wildman–Crippen MR) is 65.4 cm³/mol. The minimum Gasteiger partial charge on any atom is -0.342 e. The molecule has 1 aliphatic rings. The van der Waals surface area contributed by atoms with Crippen LogP contribution in [0.4, 0.5) is 0 Å². The fourth-order valence-electron chi connectivity index (χ4n) is 2.39. The van der Waals surface area contributed by atoms with Crippen molar-refractivity contribution in [2.45, 2.75) is 18.8 Å². The van der Waals surface area contributed by atoms with Crippen molar-refractivity contribution in [1.29, 1.82) is 0 Å². The van der Waals surface area contributed by atoms with Crippen LogP contribution in [0.2, 0.25) is 0 Å². The zero-order chi connectivity index (χ0) is 11.7. The molecule has 1 aromatic heterocycles. The molecule has 5 nitrogen and oxygen atoms in total. The fourth-order valence-corrected chi connectivity index (χ4v) is 2.39. The molecule has 2 aromatic rings. The molecule has 0 spiro atoms. The lowest BCUT2D eigenvalue weighted by molar-refractivity contribution is 0.215. The zero-order valence-electron chi connectivity index (χ0n) is 9.47. The number of piperidine rings is 1. The molecule has 1 saturated heterocycles. The largest absolute Gasteiger partial charge is 0.342 e. The third kappa shape index (κ3) is 1.88. The van der Waals surface area contributed by atoms with E-state index in [0.29, 0.717) is 5.92 Å². The summed E-state index contributed by atoms with van der Waals surface area (Å²) in [5.41, 5.74) is 2.09. The summed E-state index contributed by atoms with van der Waals surface area (Å²) < 4.78 is 0. The molecule has 2 heterocycles. The Morgan fingerprint density at radius 1 is 1.29 bits per heavy atom. The summed E-state index contributed by atoms with van der Waals surface area (Å²) in [5, 5.41) is 4.55. The fraction of sp³-hybridized carbons (Fsp3) is 0.417. The molecule has 0 amide bonds. The number of para-hydroxylation sites is 2. The van der Waals surface area contributed by atoms with Gasteiger partial charge in [-0.2, -0.15) is 0 Å². The number of benzene rings is 1. The number of aromatic nitrogens is 2. The van der Waals surface area contributed by atoms with Crippen molar-refractivity contribution >= 4 is 11.0 Å². The van der Waals surface area contributed by atoms with E-state index in [4.69, 9.17) is 0 Å². The van der Waals surface area contributed by atoms with Crippen molar-refractivity contribution in [3.63, 3.8) is 0 Å². The van der Waals surface area contributed by atoms with Crippen molar-refractivity contribution in [3.05, 3.63) is 35.0 Å². The number of nitroso groups, excluding NO2 is 1. The van der Waals surface area contributed by atoms with Crippen LogP contribution in [0.3, 0.4) is 0 Å². The Balaban J connectivity index is 1.82. The smallest absolute Gasteiger partial charge is 0.110 e. The van der Waals surface area contributed by atoms with Crippen LogP contribution < -0.4 is 0 Å². The van der Waals surface area contributed by atoms with E-state index in [0.717, 1.165) is 42.8 Å². The minimum absolute atomic E-state index is 0.417. The van der Waals surface area contributed by atoms with Crippen LogP contribution in [0.15, 0.2) is 29.6 Å². The average Bonchev–Trinajstić information content (AvgIpc) is 2.82. The standard InChI is InChI=1S/C12H14N4O/c17-15-16-7-5-9(6-8-16)12-13-10-3-1-2-4-11(10)14-12/h1-4,9H,5-8H2,(H,13,14). The molecule has 1 fully saturated rings. The zero-order valence-corrected chi connectivity index (χ0v) is 9.47. The lowest BCUT2D eigenvalue weighted by Crippen LogP contribution is -2.28. The minimum atomic E-state index is 0.417. The molecule has 17 heavy (non-hydrogen) atoms. The highest BCUT2D eigenvalue weighted by atomic mass is 16.3. The first-order valence-corrected chi connectivity index (χ1v) is 5.89. The Kier molecular flexibility index (Phi) is 2.51. The van der Waals surface area contributed by atoms with Gasteiger partial charge in [-0.25, -0.2) is 4.98 Å². The number of rotatable bonds is 2. The molecule has 0 aliphatic carbocycles. The first-order valence-electron chi connectivity index (χ1n) is 5.89. The third-order valence-corrected chi connectivity index (χ3v) is 3.38. The second-order valence-corrected chi connectivity index (χ2v) is 4.45. The summed E-state index contributed by atoms with van der Waals surface area (Å²) in [7, 11) is 0. The van der Waals surface area contributed by atoms with Gasteiger partial charge in [-0.3, -0.25) is 5.01 Å². The van der Waals surface area contributed by atoms with Crippen LogP contribution in [0.1, 0.15) is 24.6 Å². The molecule has 0 bridgehead atoms. The van der Waals surface area contributed by atoms with Crippen LogP contribution in [0, 0.1) is 4.91 Å². The SMILES string of the molecule is O=NN1CCC(c2nc3ccccc3[nH]2)CC1. The Labute approximate surface area is 98.8 Å². The van der Waals surface area contributed by atoms with Crippen LogP contribution in [0.25, 0.3) is 11.0 Å². The van der Waals surface area contributed by atoms with Crippen molar-refractivity contribution < 1.29 is 0 Å². The maximum atomic E-state index is 10.4. The second-order valence-electron chi connectivity index (χ2n) is 4.45. The first-order chi connectivity index (χ1) is 8.36. The number of hydrogen-bond donors (Lipinski definition) is 1. The Morgan fingerprint density at radius 2 is 2.06 bits per heavy atom. The Morgan fingerprint density at radius 3 is 2.76 bits per heavy atom. The number of nitrogens with zero attached hydrogens (tertiary/aromatic N) is 3. The van der Waals surface area contributed by atoms with Gasteiger partial charge < -0.3 is 4.98 Å². The Bertz CT molecular complexity index is 495. The van der Waals surface area contributed by atoms with Gasteiger partial charge in [0.15, 0.2) is 0 Å². The Hall–Kier alpha value is -1.91. The van der Waals surface area contributed by atoms with Crippen molar-refractivity contribution in [1.82, 2.24) is 15.0 Å². The molecule has 0 atom stereocenters.